The van der Waals surface area contributed by atoms with E-state index in [2.05, 4.69) is 17.4 Å². The maximum Gasteiger partial charge on any atom is 0.335 e. The summed E-state index contributed by atoms with van der Waals surface area (Å²) in [5.41, 5.74) is 5.92. The van der Waals surface area contributed by atoms with Crippen LogP contribution in [0.15, 0.2) is 102 Å². The molecule has 0 aromatic heterocycles. The predicted octanol–water partition coefficient (Wildman–Crippen LogP) is 7.92. The second-order valence-electron chi connectivity index (χ2n) is 12.4. The number of hydrogen-bond acceptors (Lipinski definition) is 7. The van der Waals surface area contributed by atoms with Crippen molar-refractivity contribution in [1.82, 2.24) is 5.32 Å². The number of carbonyl (C=O) groups is 3. The van der Waals surface area contributed by atoms with Crippen molar-refractivity contribution in [3.63, 3.8) is 0 Å². The monoisotopic (exact) mass is 697 g/mol. The van der Waals surface area contributed by atoms with E-state index in [9.17, 15) is 24.6 Å². The van der Waals surface area contributed by atoms with Crippen LogP contribution in [0.25, 0.3) is 11.1 Å². The third kappa shape index (κ3) is 11.0. The summed E-state index contributed by atoms with van der Waals surface area (Å²) in [7, 11) is 0. The summed E-state index contributed by atoms with van der Waals surface area (Å²) < 4.78 is 13.1. The van der Waals surface area contributed by atoms with Gasteiger partial charge in [0.05, 0.1) is 24.4 Å². The molecule has 0 aliphatic carbocycles. The van der Waals surface area contributed by atoms with Crippen LogP contribution in [0.1, 0.15) is 90.0 Å². The first kappa shape index (κ1) is 36.8. The van der Waals surface area contributed by atoms with Crippen LogP contribution in [-0.2, 0) is 32.2 Å². The number of benzene rings is 4. The average molecular weight is 698 g/mol. The van der Waals surface area contributed by atoms with Crippen molar-refractivity contribution >= 4 is 29.6 Å². The Morgan fingerprint density at radius 1 is 0.740 bits per heavy atom. The molecule has 1 aliphatic heterocycles. The van der Waals surface area contributed by atoms with Crippen LogP contribution in [0.3, 0.4) is 0 Å². The lowest BCUT2D eigenvalue weighted by Gasteiger charge is -2.36. The van der Waals surface area contributed by atoms with Crippen molar-refractivity contribution in [3.05, 3.63) is 125 Å². The summed E-state index contributed by atoms with van der Waals surface area (Å²) in [6, 6.07) is 30.7. The molecule has 3 atom stereocenters. The highest BCUT2D eigenvalue weighted by molar-refractivity contribution is 7.99. The van der Waals surface area contributed by atoms with E-state index >= 15 is 0 Å². The van der Waals surface area contributed by atoms with Crippen LogP contribution in [0, 0.1) is 0 Å². The summed E-state index contributed by atoms with van der Waals surface area (Å²) in [6.45, 7) is 0.380. The Kier molecular flexibility index (Phi) is 13.6. The van der Waals surface area contributed by atoms with Crippen molar-refractivity contribution in [2.45, 2.75) is 81.5 Å². The van der Waals surface area contributed by atoms with E-state index in [1.54, 1.807) is 23.9 Å². The minimum Gasteiger partial charge on any atom is -0.481 e. The first-order chi connectivity index (χ1) is 24.3. The van der Waals surface area contributed by atoms with Gasteiger partial charge in [0, 0.05) is 42.0 Å². The van der Waals surface area contributed by atoms with Gasteiger partial charge in [0.2, 0.25) is 5.91 Å². The molecular weight excluding hydrogens is 655 g/mol. The molecule has 262 valence electrons. The Hall–Kier alpha value is -4.48. The first-order valence-corrected chi connectivity index (χ1v) is 17.9. The number of nitrogens with one attached hydrogen (secondary N) is 1. The lowest BCUT2D eigenvalue weighted by atomic mass is 9.99. The molecule has 9 nitrogen and oxygen atoms in total. The molecular formula is C40H43NO8S. The maximum atomic E-state index is 12.4. The number of hydrogen-bond donors (Lipinski definition) is 4. The SMILES string of the molecule is O=C(O)CCCCCCC(=O)NCc1cccc(-c2cccc([C@H]3O[C@@H](CSc4ccc(C(=O)O)cc4)C[C@@H](c4ccc(CO)cc4)O3)c2)c1. The van der Waals surface area contributed by atoms with E-state index in [4.69, 9.17) is 14.6 Å². The van der Waals surface area contributed by atoms with Gasteiger partial charge in [-0.05, 0) is 77.1 Å². The molecule has 4 aromatic rings. The highest BCUT2D eigenvalue weighted by Crippen LogP contribution is 2.40. The first-order valence-electron chi connectivity index (χ1n) is 16.9. The molecule has 50 heavy (non-hydrogen) atoms. The highest BCUT2D eigenvalue weighted by Gasteiger charge is 2.32. The number of aliphatic hydroxyl groups excluding tert-OH is 1. The zero-order valence-corrected chi connectivity index (χ0v) is 28.6. The number of unbranched alkanes of at least 4 members (excludes halogenated alkanes) is 3. The van der Waals surface area contributed by atoms with Crippen molar-refractivity contribution in [3.8, 4) is 11.1 Å². The van der Waals surface area contributed by atoms with Gasteiger partial charge in [-0.25, -0.2) is 4.79 Å². The molecule has 5 rings (SSSR count). The van der Waals surface area contributed by atoms with Crippen LogP contribution in [-0.4, -0.2) is 45.0 Å². The fraction of sp³-hybridized carbons (Fsp3) is 0.325. The van der Waals surface area contributed by atoms with Crippen LogP contribution in [0.2, 0.25) is 0 Å². The van der Waals surface area contributed by atoms with Crippen molar-refractivity contribution in [2.75, 3.05) is 5.75 Å². The third-order valence-electron chi connectivity index (χ3n) is 8.61. The van der Waals surface area contributed by atoms with E-state index < -0.39 is 18.2 Å². The lowest BCUT2D eigenvalue weighted by molar-refractivity contribution is -0.245. The zero-order valence-electron chi connectivity index (χ0n) is 27.8. The lowest BCUT2D eigenvalue weighted by Crippen LogP contribution is -2.31. The van der Waals surface area contributed by atoms with Gasteiger partial charge in [-0.1, -0.05) is 73.5 Å². The summed E-state index contributed by atoms with van der Waals surface area (Å²) in [4.78, 5) is 35.3. The van der Waals surface area contributed by atoms with Gasteiger partial charge in [-0.15, -0.1) is 11.8 Å². The molecule has 0 spiro atoms. The van der Waals surface area contributed by atoms with Crippen LogP contribution in [0.5, 0.6) is 0 Å². The number of aromatic carboxylic acids is 1. The Labute approximate surface area is 296 Å². The zero-order chi connectivity index (χ0) is 35.3. The predicted molar refractivity (Wildman–Crippen MR) is 192 cm³/mol. The van der Waals surface area contributed by atoms with E-state index in [0.717, 1.165) is 57.5 Å². The number of carboxylic acids is 2. The molecule has 1 heterocycles. The number of amides is 1. The summed E-state index contributed by atoms with van der Waals surface area (Å²) in [5.74, 6) is -1.11. The molecule has 1 aliphatic rings. The second kappa shape index (κ2) is 18.5. The molecule has 0 saturated carbocycles. The number of rotatable bonds is 17. The fourth-order valence-corrected chi connectivity index (χ4v) is 6.76. The minimum absolute atomic E-state index is 0.0206. The van der Waals surface area contributed by atoms with Gasteiger partial charge >= 0.3 is 11.9 Å². The normalized spacial score (nSPS) is 17.3. The largest absolute Gasteiger partial charge is 0.481 e. The van der Waals surface area contributed by atoms with E-state index in [1.165, 1.54) is 0 Å². The molecule has 4 N–H and O–H groups in total. The topological polar surface area (TPSA) is 142 Å². The standard InChI is InChI=1S/C40H43NO8S/c42-25-27-13-15-29(16-14-27)36-23-34(26-50-35-19-17-30(18-20-35)39(46)47)48-40(49-36)33-10-6-9-32(22-33)31-8-5-7-28(21-31)24-41-37(43)11-3-1-2-4-12-38(44)45/h5-10,13-22,34,36,40,42H,1-4,11-12,23-26H2,(H,41,43)(H,44,45)(H,46,47)/t34-,36+,40+/m1/s1. The van der Waals surface area contributed by atoms with E-state index in [0.29, 0.717) is 31.6 Å². The number of ether oxygens (including phenoxy) is 2. The van der Waals surface area contributed by atoms with Crippen LogP contribution in [0.4, 0.5) is 0 Å². The van der Waals surface area contributed by atoms with Gasteiger partial charge < -0.3 is 30.1 Å². The minimum atomic E-state index is -0.956. The number of carboxylic acid groups (broad SMARTS) is 2. The van der Waals surface area contributed by atoms with Gasteiger partial charge in [-0.2, -0.15) is 0 Å². The van der Waals surface area contributed by atoms with Crippen molar-refractivity contribution in [2.24, 2.45) is 0 Å². The molecule has 1 fully saturated rings. The van der Waals surface area contributed by atoms with E-state index in [-0.39, 0.29) is 36.7 Å². The quantitative estimate of drug-likeness (QED) is 0.0639. The van der Waals surface area contributed by atoms with Gasteiger partial charge in [0.15, 0.2) is 6.29 Å². The molecule has 0 radical (unpaired) electrons. The van der Waals surface area contributed by atoms with Crippen LogP contribution >= 0.6 is 11.8 Å². The Balaban J connectivity index is 1.24. The van der Waals surface area contributed by atoms with Gasteiger partial charge in [0.1, 0.15) is 0 Å². The Morgan fingerprint density at radius 2 is 1.44 bits per heavy atom. The number of carbonyl (C=O) groups excluding carboxylic acids is 1. The maximum absolute atomic E-state index is 12.4. The van der Waals surface area contributed by atoms with Gasteiger partial charge in [-0.3, -0.25) is 9.59 Å². The van der Waals surface area contributed by atoms with Crippen molar-refractivity contribution in [1.29, 1.82) is 0 Å². The molecule has 0 bridgehead atoms. The fourth-order valence-electron chi connectivity index (χ4n) is 5.84. The van der Waals surface area contributed by atoms with E-state index in [1.807, 2.05) is 72.8 Å². The Bertz CT molecular complexity index is 1730. The Morgan fingerprint density at radius 3 is 2.14 bits per heavy atom. The number of thioether (sulfide) groups is 1. The van der Waals surface area contributed by atoms with Gasteiger partial charge in [0.25, 0.3) is 0 Å². The molecule has 0 unspecified atom stereocenters. The third-order valence-corrected chi connectivity index (χ3v) is 9.75. The average Bonchev–Trinajstić information content (AvgIpc) is 3.14. The number of aliphatic hydroxyl groups is 1. The molecule has 1 amide bonds. The van der Waals surface area contributed by atoms with Crippen LogP contribution < -0.4 is 5.32 Å². The highest BCUT2D eigenvalue weighted by atomic mass is 32.2. The second-order valence-corrected chi connectivity index (χ2v) is 13.5. The summed E-state index contributed by atoms with van der Waals surface area (Å²) in [5, 5.41) is 30.5. The number of aliphatic carboxylic acids is 1. The summed E-state index contributed by atoms with van der Waals surface area (Å²) >= 11 is 1.61. The molecule has 1 saturated heterocycles. The molecule has 10 heteroatoms. The summed E-state index contributed by atoms with van der Waals surface area (Å²) in [6.07, 6.45) is 3.21. The van der Waals surface area contributed by atoms with Crippen molar-refractivity contribution < 1.29 is 39.2 Å². The smallest absolute Gasteiger partial charge is 0.335 e. The molecule has 4 aromatic carbocycles.